The zero-order valence-electron chi connectivity index (χ0n) is 9.98. The van der Waals surface area contributed by atoms with Crippen molar-refractivity contribution >= 4 is 25.6 Å². The van der Waals surface area contributed by atoms with Gasteiger partial charge in [0.25, 0.3) is 15.0 Å². The van der Waals surface area contributed by atoms with E-state index in [1.807, 2.05) is 6.92 Å². The second-order valence-electron chi connectivity index (χ2n) is 3.81. The molecule has 1 aromatic rings. The first-order valence-electron chi connectivity index (χ1n) is 5.27. The highest BCUT2D eigenvalue weighted by atomic mass is 35.7. The number of amides is 1. The van der Waals surface area contributed by atoms with Gasteiger partial charge in [0, 0.05) is 24.3 Å². The third kappa shape index (κ3) is 3.43. The van der Waals surface area contributed by atoms with E-state index < -0.39 is 20.8 Å². The van der Waals surface area contributed by atoms with Crippen molar-refractivity contribution in [1.82, 2.24) is 4.90 Å². The Bertz CT molecular complexity index is 559. The molecule has 0 N–H and O–H groups in total. The summed E-state index contributed by atoms with van der Waals surface area (Å²) < 4.78 is 35.8. The van der Waals surface area contributed by atoms with Gasteiger partial charge in [0.2, 0.25) is 0 Å². The second kappa shape index (κ2) is 5.67. The van der Waals surface area contributed by atoms with Gasteiger partial charge in [-0.05, 0) is 24.6 Å². The molecule has 7 heteroatoms. The summed E-state index contributed by atoms with van der Waals surface area (Å²) >= 11 is 0. The molecule has 1 amide bonds. The van der Waals surface area contributed by atoms with Crippen molar-refractivity contribution in [3.05, 3.63) is 29.6 Å². The highest BCUT2D eigenvalue weighted by Crippen LogP contribution is 2.22. The van der Waals surface area contributed by atoms with Gasteiger partial charge < -0.3 is 4.90 Å². The van der Waals surface area contributed by atoms with Crippen molar-refractivity contribution in [1.29, 1.82) is 0 Å². The number of rotatable bonds is 4. The fourth-order valence-electron chi connectivity index (χ4n) is 1.52. The SMILES string of the molecule is CCCN(C)C(=O)c1cc(F)ccc1S(=O)(=O)Cl. The zero-order valence-corrected chi connectivity index (χ0v) is 11.6. The first-order valence-corrected chi connectivity index (χ1v) is 7.58. The van der Waals surface area contributed by atoms with E-state index in [9.17, 15) is 17.6 Å². The van der Waals surface area contributed by atoms with Crippen LogP contribution in [-0.4, -0.2) is 32.8 Å². The van der Waals surface area contributed by atoms with Crippen LogP contribution in [0.1, 0.15) is 23.7 Å². The Morgan fingerprint density at radius 3 is 2.56 bits per heavy atom. The topological polar surface area (TPSA) is 54.5 Å². The molecule has 0 saturated carbocycles. The van der Waals surface area contributed by atoms with Crippen molar-refractivity contribution in [2.75, 3.05) is 13.6 Å². The van der Waals surface area contributed by atoms with Crippen molar-refractivity contribution in [3.63, 3.8) is 0 Å². The lowest BCUT2D eigenvalue weighted by Gasteiger charge is -2.17. The zero-order chi connectivity index (χ0) is 13.9. The summed E-state index contributed by atoms with van der Waals surface area (Å²) in [6.07, 6.45) is 0.709. The molecule has 4 nitrogen and oxygen atoms in total. The van der Waals surface area contributed by atoms with E-state index in [2.05, 4.69) is 0 Å². The molecule has 0 bridgehead atoms. The fraction of sp³-hybridized carbons (Fsp3) is 0.364. The molecule has 0 unspecified atom stereocenters. The number of halogens is 2. The first-order chi connectivity index (χ1) is 8.27. The van der Waals surface area contributed by atoms with Gasteiger partial charge in [-0.1, -0.05) is 6.92 Å². The van der Waals surface area contributed by atoms with Gasteiger partial charge in [-0.2, -0.15) is 0 Å². The molecule has 0 heterocycles. The van der Waals surface area contributed by atoms with E-state index in [4.69, 9.17) is 10.7 Å². The number of carbonyl (C=O) groups is 1. The van der Waals surface area contributed by atoms with Gasteiger partial charge in [0.15, 0.2) is 0 Å². The van der Waals surface area contributed by atoms with Crippen LogP contribution < -0.4 is 0 Å². The lowest BCUT2D eigenvalue weighted by molar-refractivity contribution is 0.0791. The average molecular weight is 294 g/mol. The molecular formula is C11H13ClFNO3S. The monoisotopic (exact) mass is 293 g/mol. The van der Waals surface area contributed by atoms with Gasteiger partial charge in [-0.25, -0.2) is 12.8 Å². The molecule has 0 atom stereocenters. The fourth-order valence-corrected chi connectivity index (χ4v) is 2.57. The van der Waals surface area contributed by atoms with Crippen LogP contribution in [-0.2, 0) is 9.05 Å². The van der Waals surface area contributed by atoms with Gasteiger partial charge in [-0.15, -0.1) is 0 Å². The Morgan fingerprint density at radius 2 is 2.06 bits per heavy atom. The molecule has 0 radical (unpaired) electrons. The quantitative estimate of drug-likeness (QED) is 0.800. The predicted molar refractivity (Wildman–Crippen MR) is 66.7 cm³/mol. The molecule has 100 valence electrons. The van der Waals surface area contributed by atoms with Crippen molar-refractivity contribution in [2.24, 2.45) is 0 Å². The van der Waals surface area contributed by atoms with E-state index >= 15 is 0 Å². The van der Waals surface area contributed by atoms with E-state index in [-0.39, 0.29) is 10.5 Å². The number of nitrogens with zero attached hydrogens (tertiary/aromatic N) is 1. The number of hydrogen-bond donors (Lipinski definition) is 0. The maximum absolute atomic E-state index is 13.1. The molecule has 0 spiro atoms. The van der Waals surface area contributed by atoms with Crippen LogP contribution in [0.4, 0.5) is 4.39 Å². The Labute approximate surface area is 110 Å². The normalized spacial score (nSPS) is 11.3. The molecule has 0 aliphatic heterocycles. The predicted octanol–water partition coefficient (Wildman–Crippen LogP) is 2.24. The Morgan fingerprint density at radius 1 is 1.44 bits per heavy atom. The van der Waals surface area contributed by atoms with Gasteiger partial charge in [0.1, 0.15) is 5.82 Å². The summed E-state index contributed by atoms with van der Waals surface area (Å²) in [5.41, 5.74) is -0.249. The molecule has 0 fully saturated rings. The highest BCUT2D eigenvalue weighted by Gasteiger charge is 2.23. The number of carbonyl (C=O) groups excluding carboxylic acids is 1. The van der Waals surface area contributed by atoms with Crippen molar-refractivity contribution in [2.45, 2.75) is 18.2 Å². The Hall–Kier alpha value is -1.14. The first kappa shape index (κ1) is 14.9. The van der Waals surface area contributed by atoms with Crippen molar-refractivity contribution in [3.8, 4) is 0 Å². The largest absolute Gasteiger partial charge is 0.342 e. The molecule has 0 aliphatic rings. The average Bonchev–Trinajstić information content (AvgIpc) is 2.26. The van der Waals surface area contributed by atoms with Crippen LogP contribution in [0.15, 0.2) is 23.1 Å². The smallest absolute Gasteiger partial charge is 0.262 e. The van der Waals surface area contributed by atoms with Crippen molar-refractivity contribution < 1.29 is 17.6 Å². The lowest BCUT2D eigenvalue weighted by atomic mass is 10.2. The van der Waals surface area contributed by atoms with Crippen LogP contribution >= 0.6 is 10.7 Å². The maximum atomic E-state index is 13.1. The summed E-state index contributed by atoms with van der Waals surface area (Å²) in [5.74, 6) is -1.26. The maximum Gasteiger partial charge on any atom is 0.262 e. The number of hydrogen-bond acceptors (Lipinski definition) is 3. The molecule has 1 rings (SSSR count). The molecular weight excluding hydrogens is 281 g/mol. The van der Waals surface area contributed by atoms with Gasteiger partial charge >= 0.3 is 0 Å². The summed E-state index contributed by atoms with van der Waals surface area (Å²) in [7, 11) is 2.65. The van der Waals surface area contributed by atoms with Crippen LogP contribution in [0.3, 0.4) is 0 Å². The summed E-state index contributed by atoms with van der Waals surface area (Å²) in [4.78, 5) is 12.9. The van der Waals surface area contributed by atoms with Crippen LogP contribution in [0.25, 0.3) is 0 Å². The van der Waals surface area contributed by atoms with Gasteiger partial charge in [0.05, 0.1) is 10.5 Å². The third-order valence-electron chi connectivity index (χ3n) is 2.34. The number of benzene rings is 1. The minimum atomic E-state index is -4.09. The van der Waals surface area contributed by atoms with E-state index in [1.165, 1.54) is 11.9 Å². The lowest BCUT2D eigenvalue weighted by Crippen LogP contribution is -2.28. The molecule has 1 aromatic carbocycles. The van der Waals surface area contributed by atoms with E-state index in [0.29, 0.717) is 13.0 Å². The molecule has 0 aromatic heterocycles. The second-order valence-corrected chi connectivity index (χ2v) is 6.34. The summed E-state index contributed by atoms with van der Waals surface area (Å²) in [6, 6.07) is 2.82. The van der Waals surface area contributed by atoms with E-state index in [0.717, 1.165) is 18.2 Å². The highest BCUT2D eigenvalue weighted by molar-refractivity contribution is 8.13. The summed E-state index contributed by atoms with van der Waals surface area (Å²) in [6.45, 7) is 2.31. The Kier molecular flexibility index (Phi) is 4.70. The Balaban J connectivity index is 3.30. The van der Waals surface area contributed by atoms with Crippen LogP contribution in [0.5, 0.6) is 0 Å². The van der Waals surface area contributed by atoms with Crippen LogP contribution in [0.2, 0.25) is 0 Å². The van der Waals surface area contributed by atoms with E-state index in [1.54, 1.807) is 0 Å². The minimum Gasteiger partial charge on any atom is -0.342 e. The third-order valence-corrected chi connectivity index (χ3v) is 3.72. The molecule has 18 heavy (non-hydrogen) atoms. The van der Waals surface area contributed by atoms with Gasteiger partial charge in [-0.3, -0.25) is 4.79 Å². The standard InChI is InChI=1S/C11H13ClFNO3S/c1-3-6-14(2)11(15)9-7-8(13)4-5-10(9)18(12,16)17/h4-5,7H,3,6H2,1-2H3. The van der Waals surface area contributed by atoms with Crippen LogP contribution in [0, 0.1) is 5.82 Å². The molecule has 0 saturated heterocycles. The summed E-state index contributed by atoms with van der Waals surface area (Å²) in [5, 5.41) is 0. The minimum absolute atomic E-state index is 0.249. The molecule has 0 aliphatic carbocycles.